The van der Waals surface area contributed by atoms with Gasteiger partial charge in [-0.2, -0.15) is 0 Å². The fourth-order valence-corrected chi connectivity index (χ4v) is 2.71. The zero-order chi connectivity index (χ0) is 16.9. The number of hydrogen-bond donors (Lipinski definition) is 0. The summed E-state index contributed by atoms with van der Waals surface area (Å²) in [7, 11) is 1.62. The molecule has 1 amide bonds. The molecule has 0 saturated carbocycles. The van der Waals surface area contributed by atoms with Crippen molar-refractivity contribution in [3.05, 3.63) is 65.7 Å². The van der Waals surface area contributed by atoms with Crippen LogP contribution in [-0.4, -0.2) is 25.3 Å². The molecule has 0 spiro atoms. The summed E-state index contributed by atoms with van der Waals surface area (Å²) in [4.78, 5) is 25.7. The Bertz CT molecular complexity index is 760. The van der Waals surface area contributed by atoms with Gasteiger partial charge in [-0.25, -0.2) is 0 Å². The van der Waals surface area contributed by atoms with Crippen LogP contribution in [0.5, 0.6) is 5.75 Å². The van der Waals surface area contributed by atoms with Gasteiger partial charge in [0.15, 0.2) is 5.78 Å². The van der Waals surface area contributed by atoms with E-state index in [1.807, 2.05) is 36.4 Å². The van der Waals surface area contributed by atoms with Crippen LogP contribution in [0.1, 0.15) is 28.8 Å². The molecular formula is C20H19NO3. The standard InChI is InChI=1S/C20H19NO3/c1-24-18-11-4-15(5-12-18)6-13-19(22)16-7-9-17(10-8-16)21-14-2-3-20(21)23/h4-13H,2-3,14H2,1H3. The monoisotopic (exact) mass is 321 g/mol. The Morgan fingerprint density at radius 1 is 1.08 bits per heavy atom. The van der Waals surface area contributed by atoms with E-state index in [0.29, 0.717) is 12.0 Å². The van der Waals surface area contributed by atoms with Gasteiger partial charge in [-0.1, -0.05) is 18.2 Å². The molecule has 0 bridgehead atoms. The van der Waals surface area contributed by atoms with E-state index in [4.69, 9.17) is 4.74 Å². The molecule has 122 valence electrons. The number of allylic oxidation sites excluding steroid dienone is 1. The molecule has 2 aromatic carbocycles. The van der Waals surface area contributed by atoms with Crippen molar-refractivity contribution in [2.75, 3.05) is 18.6 Å². The molecule has 3 rings (SSSR count). The normalized spacial score (nSPS) is 14.4. The van der Waals surface area contributed by atoms with Crippen molar-refractivity contribution in [3.8, 4) is 5.75 Å². The zero-order valence-corrected chi connectivity index (χ0v) is 13.6. The number of benzene rings is 2. The Balaban J connectivity index is 1.68. The summed E-state index contributed by atoms with van der Waals surface area (Å²) in [5, 5.41) is 0. The van der Waals surface area contributed by atoms with Crippen molar-refractivity contribution in [1.82, 2.24) is 0 Å². The summed E-state index contributed by atoms with van der Waals surface area (Å²) in [5.41, 5.74) is 2.40. The van der Waals surface area contributed by atoms with Crippen molar-refractivity contribution in [3.63, 3.8) is 0 Å². The van der Waals surface area contributed by atoms with E-state index in [-0.39, 0.29) is 11.7 Å². The van der Waals surface area contributed by atoms with Gasteiger partial charge in [0.1, 0.15) is 5.75 Å². The number of carbonyl (C=O) groups is 2. The fourth-order valence-electron chi connectivity index (χ4n) is 2.71. The molecule has 1 saturated heterocycles. The summed E-state index contributed by atoms with van der Waals surface area (Å²) < 4.78 is 5.11. The topological polar surface area (TPSA) is 46.6 Å². The summed E-state index contributed by atoms with van der Waals surface area (Å²) in [6, 6.07) is 14.7. The molecule has 1 aliphatic heterocycles. The number of amides is 1. The lowest BCUT2D eigenvalue weighted by atomic mass is 10.1. The number of ketones is 1. The average Bonchev–Trinajstić information content (AvgIpc) is 3.06. The van der Waals surface area contributed by atoms with E-state index < -0.39 is 0 Å². The molecule has 0 aromatic heterocycles. The highest BCUT2D eigenvalue weighted by atomic mass is 16.5. The van der Waals surface area contributed by atoms with E-state index in [1.165, 1.54) is 0 Å². The number of methoxy groups -OCH3 is 1. The highest BCUT2D eigenvalue weighted by molar-refractivity contribution is 6.07. The maximum atomic E-state index is 12.2. The number of anilines is 1. The lowest BCUT2D eigenvalue weighted by Crippen LogP contribution is -2.23. The maximum Gasteiger partial charge on any atom is 0.227 e. The Labute approximate surface area is 141 Å². The highest BCUT2D eigenvalue weighted by Crippen LogP contribution is 2.22. The highest BCUT2D eigenvalue weighted by Gasteiger charge is 2.21. The molecule has 0 aliphatic carbocycles. The van der Waals surface area contributed by atoms with Gasteiger partial charge in [0, 0.05) is 24.2 Å². The van der Waals surface area contributed by atoms with Crippen molar-refractivity contribution in [2.45, 2.75) is 12.8 Å². The lowest BCUT2D eigenvalue weighted by molar-refractivity contribution is -0.117. The second-order valence-electron chi connectivity index (χ2n) is 5.67. The van der Waals surface area contributed by atoms with E-state index >= 15 is 0 Å². The van der Waals surface area contributed by atoms with E-state index in [0.717, 1.165) is 30.0 Å². The Morgan fingerprint density at radius 3 is 2.38 bits per heavy atom. The Hall–Kier alpha value is -2.88. The van der Waals surface area contributed by atoms with Gasteiger partial charge in [-0.3, -0.25) is 9.59 Å². The largest absolute Gasteiger partial charge is 0.497 e. The summed E-state index contributed by atoms with van der Waals surface area (Å²) >= 11 is 0. The summed E-state index contributed by atoms with van der Waals surface area (Å²) in [6.07, 6.45) is 4.83. The SMILES string of the molecule is COc1ccc(C=CC(=O)c2ccc(N3CCCC3=O)cc2)cc1. The van der Waals surface area contributed by atoms with Crippen LogP contribution < -0.4 is 9.64 Å². The van der Waals surface area contributed by atoms with Gasteiger partial charge in [-0.15, -0.1) is 0 Å². The van der Waals surface area contributed by atoms with Crippen LogP contribution in [0.2, 0.25) is 0 Å². The van der Waals surface area contributed by atoms with Crippen LogP contribution in [0.4, 0.5) is 5.69 Å². The van der Waals surface area contributed by atoms with Crippen LogP contribution in [0.3, 0.4) is 0 Å². The van der Waals surface area contributed by atoms with Gasteiger partial charge in [0.2, 0.25) is 5.91 Å². The van der Waals surface area contributed by atoms with E-state index in [2.05, 4.69) is 0 Å². The lowest BCUT2D eigenvalue weighted by Gasteiger charge is -2.15. The van der Waals surface area contributed by atoms with Crippen LogP contribution in [0, 0.1) is 0 Å². The van der Waals surface area contributed by atoms with Gasteiger partial charge < -0.3 is 9.64 Å². The van der Waals surface area contributed by atoms with Crippen LogP contribution in [-0.2, 0) is 4.79 Å². The molecule has 4 heteroatoms. The molecule has 1 heterocycles. The quantitative estimate of drug-likeness (QED) is 0.623. The average molecular weight is 321 g/mol. The molecule has 1 fully saturated rings. The van der Waals surface area contributed by atoms with Gasteiger partial charge in [-0.05, 0) is 54.5 Å². The van der Waals surface area contributed by atoms with Crippen LogP contribution >= 0.6 is 0 Å². The second-order valence-corrected chi connectivity index (χ2v) is 5.67. The fraction of sp³-hybridized carbons (Fsp3) is 0.200. The van der Waals surface area contributed by atoms with Gasteiger partial charge in [0.05, 0.1) is 7.11 Å². The molecule has 0 radical (unpaired) electrons. The van der Waals surface area contributed by atoms with E-state index in [1.54, 1.807) is 36.3 Å². The first-order valence-corrected chi connectivity index (χ1v) is 7.94. The molecule has 4 nitrogen and oxygen atoms in total. The molecule has 0 atom stereocenters. The first-order valence-electron chi connectivity index (χ1n) is 7.94. The predicted molar refractivity (Wildman–Crippen MR) is 94.4 cm³/mol. The third-order valence-electron chi connectivity index (χ3n) is 4.08. The van der Waals surface area contributed by atoms with Crippen molar-refractivity contribution >= 4 is 23.5 Å². The predicted octanol–water partition coefficient (Wildman–Crippen LogP) is 3.72. The second kappa shape index (κ2) is 7.13. The first-order chi connectivity index (χ1) is 11.7. The molecule has 0 unspecified atom stereocenters. The first kappa shape index (κ1) is 16.0. The van der Waals surface area contributed by atoms with Crippen LogP contribution in [0.25, 0.3) is 6.08 Å². The minimum atomic E-state index is -0.0647. The number of rotatable bonds is 5. The van der Waals surface area contributed by atoms with Crippen molar-refractivity contribution < 1.29 is 14.3 Å². The number of nitrogens with zero attached hydrogens (tertiary/aromatic N) is 1. The minimum Gasteiger partial charge on any atom is -0.497 e. The number of ether oxygens (including phenoxy) is 1. The third kappa shape index (κ3) is 3.54. The Kier molecular flexibility index (Phi) is 4.75. The minimum absolute atomic E-state index is 0.0647. The van der Waals surface area contributed by atoms with Crippen molar-refractivity contribution in [2.24, 2.45) is 0 Å². The smallest absolute Gasteiger partial charge is 0.227 e. The Morgan fingerprint density at radius 2 is 1.79 bits per heavy atom. The molecular weight excluding hydrogens is 302 g/mol. The molecule has 2 aromatic rings. The van der Waals surface area contributed by atoms with E-state index in [9.17, 15) is 9.59 Å². The zero-order valence-electron chi connectivity index (χ0n) is 13.6. The number of hydrogen-bond acceptors (Lipinski definition) is 3. The van der Waals surface area contributed by atoms with Crippen molar-refractivity contribution in [1.29, 1.82) is 0 Å². The van der Waals surface area contributed by atoms with Crippen LogP contribution in [0.15, 0.2) is 54.6 Å². The summed E-state index contributed by atoms with van der Waals surface area (Å²) in [5.74, 6) is 0.865. The summed E-state index contributed by atoms with van der Waals surface area (Å²) in [6.45, 7) is 0.753. The molecule has 0 N–H and O–H groups in total. The van der Waals surface area contributed by atoms with Gasteiger partial charge >= 0.3 is 0 Å². The molecule has 1 aliphatic rings. The third-order valence-corrected chi connectivity index (χ3v) is 4.08. The van der Waals surface area contributed by atoms with Gasteiger partial charge in [0.25, 0.3) is 0 Å². The maximum absolute atomic E-state index is 12.2. The number of carbonyl (C=O) groups excluding carboxylic acids is 2. The molecule has 24 heavy (non-hydrogen) atoms.